The molecule has 1 fully saturated rings. The fourth-order valence-corrected chi connectivity index (χ4v) is 3.10. The lowest BCUT2D eigenvalue weighted by atomic mass is 9.96. The van der Waals surface area contributed by atoms with Crippen molar-refractivity contribution in [2.24, 2.45) is 0 Å². The van der Waals surface area contributed by atoms with E-state index >= 15 is 0 Å². The Morgan fingerprint density at radius 3 is 2.28 bits per heavy atom. The first-order valence-corrected chi connectivity index (χ1v) is 9.12. The van der Waals surface area contributed by atoms with Crippen LogP contribution in [0.3, 0.4) is 0 Å². The van der Waals surface area contributed by atoms with Crippen LogP contribution in [0.2, 0.25) is 0 Å². The maximum atomic E-state index is 12.3. The lowest BCUT2D eigenvalue weighted by Gasteiger charge is -2.22. The van der Waals surface area contributed by atoms with Crippen LogP contribution in [0.1, 0.15) is 67.8 Å². The molecule has 0 saturated heterocycles. The average Bonchev–Trinajstić information content (AvgIpc) is 2.63. The number of aromatic nitrogens is 2. The zero-order valence-electron chi connectivity index (χ0n) is 15.0. The van der Waals surface area contributed by atoms with Crippen molar-refractivity contribution in [2.75, 3.05) is 10.6 Å². The van der Waals surface area contributed by atoms with E-state index < -0.39 is 0 Å². The largest absolute Gasteiger partial charge is 0.351 e. The number of benzene rings is 1. The minimum Gasteiger partial charge on any atom is -0.351 e. The van der Waals surface area contributed by atoms with Crippen LogP contribution in [0, 0.1) is 0 Å². The molecule has 1 aromatic carbocycles. The van der Waals surface area contributed by atoms with Crippen molar-refractivity contribution in [2.45, 2.75) is 57.9 Å². The molecule has 0 unspecified atom stereocenters. The van der Waals surface area contributed by atoms with Gasteiger partial charge in [-0.15, -0.1) is 0 Å². The minimum absolute atomic E-state index is 0.193. The molecule has 2 N–H and O–H groups in total. The molecule has 2 aromatic rings. The van der Waals surface area contributed by atoms with E-state index in [2.05, 4.69) is 34.4 Å². The zero-order chi connectivity index (χ0) is 17.6. The van der Waals surface area contributed by atoms with Gasteiger partial charge >= 0.3 is 0 Å². The molecule has 5 heteroatoms. The predicted molar refractivity (Wildman–Crippen MR) is 101 cm³/mol. The van der Waals surface area contributed by atoms with Crippen molar-refractivity contribution in [3.63, 3.8) is 0 Å². The molecule has 0 bridgehead atoms. The van der Waals surface area contributed by atoms with Crippen LogP contribution in [0.5, 0.6) is 0 Å². The van der Waals surface area contributed by atoms with Gasteiger partial charge in [-0.2, -0.15) is 0 Å². The predicted octanol–water partition coefficient (Wildman–Crippen LogP) is 4.60. The molecule has 5 nitrogen and oxygen atoms in total. The third kappa shape index (κ3) is 4.78. The Balaban J connectivity index is 1.58. The van der Waals surface area contributed by atoms with E-state index in [4.69, 9.17) is 0 Å². The molecule has 3 rings (SSSR count). The van der Waals surface area contributed by atoms with E-state index in [1.54, 1.807) is 12.4 Å². The number of hydrogen-bond donors (Lipinski definition) is 2. The lowest BCUT2D eigenvalue weighted by molar-refractivity contribution is 0.102. The monoisotopic (exact) mass is 338 g/mol. The normalized spacial score (nSPS) is 15.2. The topological polar surface area (TPSA) is 66.9 Å². The van der Waals surface area contributed by atoms with Crippen molar-refractivity contribution in [3.05, 3.63) is 47.8 Å². The molecule has 132 valence electrons. The first kappa shape index (κ1) is 17.4. The van der Waals surface area contributed by atoms with Crippen molar-refractivity contribution in [1.82, 2.24) is 9.97 Å². The van der Waals surface area contributed by atoms with Gasteiger partial charge in [-0.25, -0.2) is 9.97 Å². The Hall–Kier alpha value is -2.43. The highest BCUT2D eigenvalue weighted by Gasteiger charge is 2.14. The highest BCUT2D eigenvalue weighted by atomic mass is 16.1. The molecule has 0 radical (unpaired) electrons. The van der Waals surface area contributed by atoms with Crippen LogP contribution in [0.15, 0.2) is 36.7 Å². The van der Waals surface area contributed by atoms with Crippen LogP contribution in [0.4, 0.5) is 11.6 Å². The van der Waals surface area contributed by atoms with E-state index in [0.29, 0.717) is 23.5 Å². The summed E-state index contributed by atoms with van der Waals surface area (Å²) in [7, 11) is 0. The Bertz CT molecular complexity index is 689. The van der Waals surface area contributed by atoms with Crippen LogP contribution in [0.25, 0.3) is 0 Å². The summed E-state index contributed by atoms with van der Waals surface area (Å²) < 4.78 is 0. The highest BCUT2D eigenvalue weighted by Crippen LogP contribution is 2.20. The van der Waals surface area contributed by atoms with Crippen LogP contribution in [-0.4, -0.2) is 21.9 Å². The summed E-state index contributed by atoms with van der Waals surface area (Å²) >= 11 is 0. The van der Waals surface area contributed by atoms with E-state index in [0.717, 1.165) is 18.5 Å². The van der Waals surface area contributed by atoms with Crippen molar-refractivity contribution in [1.29, 1.82) is 0 Å². The molecule has 1 amide bonds. The van der Waals surface area contributed by atoms with Gasteiger partial charge in [0.1, 0.15) is 0 Å². The quantitative estimate of drug-likeness (QED) is 0.836. The zero-order valence-corrected chi connectivity index (χ0v) is 15.0. The maximum Gasteiger partial charge on any atom is 0.258 e. The average molecular weight is 338 g/mol. The summed E-state index contributed by atoms with van der Waals surface area (Å²) in [5.41, 5.74) is 2.49. The van der Waals surface area contributed by atoms with Gasteiger partial charge in [-0.3, -0.25) is 4.79 Å². The fraction of sp³-hybridized carbons (Fsp3) is 0.450. The summed E-state index contributed by atoms with van der Waals surface area (Å²) in [6.07, 6.45) is 9.32. The Kier molecular flexibility index (Phi) is 5.64. The van der Waals surface area contributed by atoms with Gasteiger partial charge in [0.15, 0.2) is 0 Å². The van der Waals surface area contributed by atoms with Gasteiger partial charge in [0, 0.05) is 24.1 Å². The standard InChI is InChI=1S/C20H26N4O/c1-14(2)15-8-10-18(11-9-15)23-19(25)16-12-21-20(22-13-16)24-17-6-4-3-5-7-17/h8-14,17H,3-7H2,1-2H3,(H,23,25)(H,21,22,24). The molecular weight excluding hydrogens is 312 g/mol. The summed E-state index contributed by atoms with van der Waals surface area (Å²) in [5, 5.41) is 6.25. The summed E-state index contributed by atoms with van der Waals surface area (Å²) in [6.45, 7) is 4.29. The maximum absolute atomic E-state index is 12.3. The molecule has 1 aromatic heterocycles. The second-order valence-corrected chi connectivity index (χ2v) is 7.01. The smallest absolute Gasteiger partial charge is 0.258 e. The third-order valence-corrected chi connectivity index (χ3v) is 4.69. The van der Waals surface area contributed by atoms with Gasteiger partial charge in [0.05, 0.1) is 5.56 Å². The van der Waals surface area contributed by atoms with Crippen molar-refractivity contribution in [3.8, 4) is 0 Å². The Morgan fingerprint density at radius 1 is 1.04 bits per heavy atom. The third-order valence-electron chi connectivity index (χ3n) is 4.69. The first-order chi connectivity index (χ1) is 12.1. The molecule has 25 heavy (non-hydrogen) atoms. The molecule has 1 saturated carbocycles. The van der Waals surface area contributed by atoms with Crippen LogP contribution >= 0.6 is 0 Å². The van der Waals surface area contributed by atoms with Gasteiger partial charge < -0.3 is 10.6 Å². The van der Waals surface area contributed by atoms with Gasteiger partial charge in [0.25, 0.3) is 5.91 Å². The number of nitrogens with zero attached hydrogens (tertiary/aromatic N) is 2. The van der Waals surface area contributed by atoms with E-state index in [-0.39, 0.29) is 5.91 Å². The second kappa shape index (κ2) is 8.10. The molecule has 1 aliphatic rings. The van der Waals surface area contributed by atoms with Gasteiger partial charge in [-0.05, 0) is 36.5 Å². The lowest BCUT2D eigenvalue weighted by Crippen LogP contribution is -2.23. The van der Waals surface area contributed by atoms with Crippen molar-refractivity contribution < 1.29 is 4.79 Å². The summed E-state index contributed by atoms with van der Waals surface area (Å²) in [4.78, 5) is 20.9. The van der Waals surface area contributed by atoms with E-state index in [1.807, 2.05) is 24.3 Å². The number of carbonyl (C=O) groups excluding carboxylic acids is 1. The van der Waals surface area contributed by atoms with Crippen molar-refractivity contribution >= 4 is 17.5 Å². The van der Waals surface area contributed by atoms with E-state index in [1.165, 1.54) is 24.8 Å². The Morgan fingerprint density at radius 2 is 1.68 bits per heavy atom. The van der Waals surface area contributed by atoms with Gasteiger partial charge in [0.2, 0.25) is 5.95 Å². The highest BCUT2D eigenvalue weighted by molar-refractivity contribution is 6.03. The van der Waals surface area contributed by atoms with Crippen LogP contribution in [-0.2, 0) is 0 Å². The van der Waals surface area contributed by atoms with Gasteiger partial charge in [-0.1, -0.05) is 45.2 Å². The molecule has 0 aliphatic heterocycles. The number of carbonyl (C=O) groups is 1. The number of anilines is 2. The number of rotatable bonds is 5. The molecule has 0 atom stereocenters. The second-order valence-electron chi connectivity index (χ2n) is 7.01. The number of nitrogens with one attached hydrogen (secondary N) is 2. The fourth-order valence-electron chi connectivity index (χ4n) is 3.10. The molecular formula is C20H26N4O. The Labute approximate surface area is 149 Å². The number of amides is 1. The first-order valence-electron chi connectivity index (χ1n) is 9.12. The minimum atomic E-state index is -0.193. The van der Waals surface area contributed by atoms with Crippen LogP contribution < -0.4 is 10.6 Å². The van der Waals surface area contributed by atoms with E-state index in [9.17, 15) is 4.79 Å². The summed E-state index contributed by atoms with van der Waals surface area (Å²) in [5.74, 6) is 0.883. The summed E-state index contributed by atoms with van der Waals surface area (Å²) in [6, 6.07) is 8.37. The molecule has 1 heterocycles. The SMILES string of the molecule is CC(C)c1ccc(NC(=O)c2cnc(NC3CCCCC3)nc2)cc1. The number of hydrogen-bond acceptors (Lipinski definition) is 4. The molecule has 1 aliphatic carbocycles. The molecule has 0 spiro atoms.